The number of carbonyl (C=O) groups is 2. The van der Waals surface area contributed by atoms with E-state index >= 15 is 0 Å². The summed E-state index contributed by atoms with van der Waals surface area (Å²) in [7, 11) is 1.51. The van der Waals surface area contributed by atoms with Crippen LogP contribution in [0.3, 0.4) is 0 Å². The Bertz CT molecular complexity index is 865. The second kappa shape index (κ2) is 8.22. The number of amides is 2. The fraction of sp³-hybridized carbons (Fsp3) is 0.263. The number of furan rings is 1. The molecule has 140 valence electrons. The minimum atomic E-state index is -0.991. The quantitative estimate of drug-likeness (QED) is 0.470. The van der Waals surface area contributed by atoms with Crippen molar-refractivity contribution in [3.8, 4) is 0 Å². The Morgan fingerprint density at radius 3 is 2.74 bits per heavy atom. The van der Waals surface area contributed by atoms with Crippen LogP contribution in [-0.2, 0) is 9.59 Å². The number of thiocarbonyl (C=S) groups is 1. The van der Waals surface area contributed by atoms with E-state index in [1.165, 1.54) is 30.3 Å². The van der Waals surface area contributed by atoms with Crippen LogP contribution in [-0.4, -0.2) is 41.6 Å². The lowest BCUT2D eigenvalue weighted by atomic mass is 9.93. The second-order valence-electron chi connectivity index (χ2n) is 6.13. The molecule has 1 aliphatic rings. The third-order valence-electron chi connectivity index (χ3n) is 4.37. The molecule has 2 heterocycles. The lowest BCUT2D eigenvalue weighted by Gasteiger charge is -2.27. The van der Waals surface area contributed by atoms with Gasteiger partial charge >= 0.3 is 0 Å². The van der Waals surface area contributed by atoms with Gasteiger partial charge in [0.05, 0.1) is 6.26 Å². The highest BCUT2D eigenvalue weighted by Gasteiger charge is 2.35. The first kappa shape index (κ1) is 18.9. The van der Waals surface area contributed by atoms with Crippen LogP contribution in [0, 0.1) is 11.7 Å². The third kappa shape index (κ3) is 4.28. The average molecular weight is 387 g/mol. The fourth-order valence-corrected chi connectivity index (χ4v) is 3.05. The zero-order valence-corrected chi connectivity index (χ0v) is 15.4. The first-order valence-corrected chi connectivity index (χ1v) is 8.79. The molecule has 0 bridgehead atoms. The normalized spacial score (nSPS) is 18.8. The Labute approximate surface area is 161 Å². The van der Waals surface area contributed by atoms with Crippen molar-refractivity contribution >= 4 is 35.4 Å². The second-order valence-corrected chi connectivity index (χ2v) is 6.52. The van der Waals surface area contributed by atoms with Gasteiger partial charge in [-0.2, -0.15) is 0 Å². The van der Waals surface area contributed by atoms with Gasteiger partial charge in [-0.25, -0.2) is 4.39 Å². The van der Waals surface area contributed by atoms with E-state index in [1.54, 1.807) is 24.5 Å². The van der Waals surface area contributed by atoms with Gasteiger partial charge in [-0.1, -0.05) is 12.1 Å². The van der Waals surface area contributed by atoms with Crippen molar-refractivity contribution in [1.29, 1.82) is 0 Å². The highest BCUT2D eigenvalue weighted by atomic mass is 32.1. The van der Waals surface area contributed by atoms with E-state index in [-0.39, 0.29) is 16.8 Å². The van der Waals surface area contributed by atoms with Crippen molar-refractivity contribution in [3.63, 3.8) is 0 Å². The molecule has 3 rings (SSSR count). The molecule has 6 nitrogen and oxygen atoms in total. The summed E-state index contributed by atoms with van der Waals surface area (Å²) in [6, 6.07) is 9.86. The van der Waals surface area contributed by atoms with Crippen molar-refractivity contribution < 1.29 is 18.4 Å². The van der Waals surface area contributed by atoms with E-state index < -0.39 is 17.7 Å². The lowest BCUT2D eigenvalue weighted by Crippen LogP contribution is -2.56. The van der Waals surface area contributed by atoms with Crippen molar-refractivity contribution in [1.82, 2.24) is 10.2 Å². The van der Waals surface area contributed by atoms with E-state index in [1.807, 2.05) is 6.07 Å². The minimum absolute atomic E-state index is 0.0869. The SMILES string of the molecule is CN1C(=O)[C@@H](C=NCC[C@@H](c2ccc(F)cc2)c2ccco2)C(=O)NC1=S. The highest BCUT2D eigenvalue weighted by Crippen LogP contribution is 2.28. The van der Waals surface area contributed by atoms with Crippen LogP contribution in [0.5, 0.6) is 0 Å². The summed E-state index contributed by atoms with van der Waals surface area (Å²) in [5, 5.41) is 2.56. The molecule has 0 unspecified atom stereocenters. The van der Waals surface area contributed by atoms with Crippen molar-refractivity contribution in [2.75, 3.05) is 13.6 Å². The molecule has 1 fully saturated rings. The summed E-state index contributed by atoms with van der Waals surface area (Å²) in [6.07, 6.45) is 3.51. The smallest absolute Gasteiger partial charge is 0.246 e. The summed E-state index contributed by atoms with van der Waals surface area (Å²) in [4.78, 5) is 29.6. The number of hydrogen-bond donors (Lipinski definition) is 1. The number of hydrogen-bond acceptors (Lipinski definition) is 5. The Morgan fingerprint density at radius 2 is 2.07 bits per heavy atom. The van der Waals surface area contributed by atoms with Crippen molar-refractivity contribution in [3.05, 3.63) is 59.8 Å². The Hall–Kier alpha value is -2.87. The van der Waals surface area contributed by atoms with Gasteiger partial charge in [0.25, 0.3) is 0 Å². The molecule has 0 aliphatic carbocycles. The summed E-state index contributed by atoms with van der Waals surface area (Å²) in [5.41, 5.74) is 0.901. The van der Waals surface area contributed by atoms with E-state index in [9.17, 15) is 14.0 Å². The van der Waals surface area contributed by atoms with Crippen LogP contribution >= 0.6 is 12.2 Å². The largest absolute Gasteiger partial charge is 0.469 e. The molecule has 2 amide bonds. The number of benzene rings is 1. The van der Waals surface area contributed by atoms with Gasteiger partial charge in [-0.3, -0.25) is 19.5 Å². The van der Waals surface area contributed by atoms with Crippen LogP contribution in [0.15, 0.2) is 52.1 Å². The third-order valence-corrected chi connectivity index (χ3v) is 4.75. The first-order valence-electron chi connectivity index (χ1n) is 8.38. The molecule has 27 heavy (non-hydrogen) atoms. The van der Waals surface area contributed by atoms with Crippen LogP contribution in [0.25, 0.3) is 0 Å². The summed E-state index contributed by atoms with van der Waals surface area (Å²) < 4.78 is 18.7. The molecule has 1 aliphatic heterocycles. The van der Waals surface area contributed by atoms with Gasteiger partial charge in [0.1, 0.15) is 11.6 Å². The van der Waals surface area contributed by atoms with Crippen molar-refractivity contribution in [2.24, 2.45) is 10.9 Å². The zero-order valence-electron chi connectivity index (χ0n) is 14.6. The molecule has 1 N–H and O–H groups in total. The Morgan fingerprint density at radius 1 is 1.33 bits per heavy atom. The maximum atomic E-state index is 13.2. The van der Waals surface area contributed by atoms with Crippen LogP contribution in [0.1, 0.15) is 23.7 Å². The van der Waals surface area contributed by atoms with E-state index in [4.69, 9.17) is 16.6 Å². The molecular weight excluding hydrogens is 369 g/mol. The standard InChI is InChI=1S/C19H18FN3O3S/c1-23-18(25)15(17(24)22-19(23)27)11-21-9-8-14(16-3-2-10-26-16)12-4-6-13(20)7-5-12/h2-7,10-11,14-15H,8-9H2,1H3,(H,22,24,27)/t14-,15-/m0/s1. The van der Waals surface area contributed by atoms with Crippen LogP contribution in [0.4, 0.5) is 4.39 Å². The van der Waals surface area contributed by atoms with E-state index in [0.29, 0.717) is 13.0 Å². The number of rotatable bonds is 6. The zero-order chi connectivity index (χ0) is 19.4. The minimum Gasteiger partial charge on any atom is -0.469 e. The first-order chi connectivity index (χ1) is 13.0. The highest BCUT2D eigenvalue weighted by molar-refractivity contribution is 7.80. The number of aliphatic imine (C=N–C) groups is 1. The molecule has 0 saturated carbocycles. The monoisotopic (exact) mass is 387 g/mol. The molecule has 2 atom stereocenters. The van der Waals surface area contributed by atoms with E-state index in [2.05, 4.69) is 10.3 Å². The molecule has 0 spiro atoms. The molecule has 1 saturated heterocycles. The number of nitrogens with one attached hydrogen (secondary N) is 1. The maximum Gasteiger partial charge on any atom is 0.246 e. The van der Waals surface area contributed by atoms with Gasteiger partial charge in [-0.05, 0) is 48.5 Å². The maximum absolute atomic E-state index is 13.2. The molecule has 0 radical (unpaired) electrons. The topological polar surface area (TPSA) is 74.9 Å². The van der Waals surface area contributed by atoms with Crippen molar-refractivity contribution in [2.45, 2.75) is 12.3 Å². The van der Waals surface area contributed by atoms with Gasteiger partial charge in [0, 0.05) is 25.7 Å². The number of halogens is 1. The summed E-state index contributed by atoms with van der Waals surface area (Å²) in [6.45, 7) is 0.369. The number of carbonyl (C=O) groups excluding carboxylic acids is 2. The lowest BCUT2D eigenvalue weighted by molar-refractivity contribution is -0.137. The van der Waals surface area contributed by atoms with Gasteiger partial charge < -0.3 is 9.73 Å². The predicted octanol–water partition coefficient (Wildman–Crippen LogP) is 2.50. The van der Waals surface area contributed by atoms with Gasteiger partial charge in [-0.15, -0.1) is 0 Å². The van der Waals surface area contributed by atoms with Crippen LogP contribution < -0.4 is 5.32 Å². The molecule has 8 heteroatoms. The van der Waals surface area contributed by atoms with Crippen LogP contribution in [0.2, 0.25) is 0 Å². The van der Waals surface area contributed by atoms with Gasteiger partial charge in [0.2, 0.25) is 11.8 Å². The summed E-state index contributed by atoms with van der Waals surface area (Å²) in [5.74, 6) is -1.55. The Kier molecular flexibility index (Phi) is 5.75. The Balaban J connectivity index is 1.68. The predicted molar refractivity (Wildman–Crippen MR) is 102 cm³/mol. The average Bonchev–Trinajstić information content (AvgIpc) is 3.17. The molecule has 1 aromatic carbocycles. The molecular formula is C19H18FN3O3S. The molecule has 1 aromatic heterocycles. The molecule has 2 aromatic rings. The van der Waals surface area contributed by atoms with E-state index in [0.717, 1.165) is 11.3 Å². The fourth-order valence-electron chi connectivity index (χ4n) is 2.86. The number of nitrogens with zero attached hydrogens (tertiary/aromatic N) is 2. The van der Waals surface area contributed by atoms with Gasteiger partial charge in [0.15, 0.2) is 11.0 Å². The summed E-state index contributed by atoms with van der Waals surface area (Å²) >= 11 is 4.91.